The predicted molar refractivity (Wildman–Crippen MR) is 77.9 cm³/mol. The van der Waals surface area contributed by atoms with Crippen molar-refractivity contribution in [1.82, 2.24) is 4.98 Å². The van der Waals surface area contributed by atoms with Crippen LogP contribution in [0.2, 0.25) is 0 Å². The van der Waals surface area contributed by atoms with Crippen molar-refractivity contribution in [2.75, 3.05) is 11.9 Å². The summed E-state index contributed by atoms with van der Waals surface area (Å²) in [7, 11) is 0. The molecule has 1 heterocycles. The molecule has 1 aromatic heterocycles. The molecule has 102 valence electrons. The van der Waals surface area contributed by atoms with Gasteiger partial charge in [-0.05, 0) is 19.9 Å². The highest BCUT2D eigenvalue weighted by molar-refractivity contribution is 5.94. The highest BCUT2D eigenvalue weighted by Crippen LogP contribution is 2.26. The van der Waals surface area contributed by atoms with Crippen LogP contribution in [0, 0.1) is 16.7 Å². The minimum atomic E-state index is -0.697. The highest BCUT2D eigenvalue weighted by atomic mass is 16.1. The summed E-state index contributed by atoms with van der Waals surface area (Å²) in [6.45, 7) is 3.88. The monoisotopic (exact) mass is 268 g/mol. The Bertz CT molecular complexity index is 701. The first kappa shape index (κ1) is 13.8. The number of hydrogen-bond donors (Lipinski definition) is 2. The second kappa shape index (κ2) is 5.17. The van der Waals surface area contributed by atoms with Gasteiger partial charge in [0, 0.05) is 18.1 Å². The second-order valence-electron chi connectivity index (χ2n) is 5.28. The Morgan fingerprint density at radius 3 is 2.80 bits per heavy atom. The first-order chi connectivity index (χ1) is 9.45. The van der Waals surface area contributed by atoms with Gasteiger partial charge < -0.3 is 11.1 Å². The van der Waals surface area contributed by atoms with Gasteiger partial charge in [0.1, 0.15) is 6.07 Å². The third-order valence-corrected chi connectivity index (χ3v) is 3.27. The number of primary amides is 1. The molecule has 0 fully saturated rings. The van der Waals surface area contributed by atoms with Gasteiger partial charge in [-0.3, -0.25) is 9.78 Å². The second-order valence-corrected chi connectivity index (χ2v) is 5.28. The van der Waals surface area contributed by atoms with Crippen LogP contribution in [0.4, 0.5) is 5.69 Å². The van der Waals surface area contributed by atoms with Crippen molar-refractivity contribution >= 4 is 22.5 Å². The number of pyridine rings is 1. The van der Waals surface area contributed by atoms with Gasteiger partial charge >= 0.3 is 0 Å². The van der Waals surface area contributed by atoms with Crippen molar-refractivity contribution in [3.05, 3.63) is 36.0 Å². The number of amides is 1. The number of nitriles is 1. The number of nitrogens with two attached hydrogens (primary N) is 1. The Morgan fingerprint density at radius 2 is 2.15 bits per heavy atom. The van der Waals surface area contributed by atoms with Crippen LogP contribution < -0.4 is 11.1 Å². The number of carbonyl (C=O) groups excluding carboxylic acids is 1. The molecule has 3 N–H and O–H groups in total. The number of rotatable bonds is 4. The Morgan fingerprint density at radius 1 is 1.45 bits per heavy atom. The lowest BCUT2D eigenvalue weighted by Crippen LogP contribution is -2.37. The zero-order valence-corrected chi connectivity index (χ0v) is 11.5. The summed E-state index contributed by atoms with van der Waals surface area (Å²) in [6.07, 6.45) is 1.53. The van der Waals surface area contributed by atoms with Crippen LogP contribution in [0.25, 0.3) is 10.9 Å². The van der Waals surface area contributed by atoms with E-state index in [1.54, 1.807) is 13.8 Å². The first-order valence-corrected chi connectivity index (χ1v) is 6.27. The number of nitrogens with zero attached hydrogens (tertiary/aromatic N) is 2. The van der Waals surface area contributed by atoms with Crippen molar-refractivity contribution in [1.29, 1.82) is 5.26 Å². The summed E-state index contributed by atoms with van der Waals surface area (Å²) in [5.74, 6) is -0.387. The Labute approximate surface area is 117 Å². The fourth-order valence-corrected chi connectivity index (χ4v) is 1.81. The number of aromatic nitrogens is 1. The first-order valence-electron chi connectivity index (χ1n) is 6.27. The molecule has 1 aromatic carbocycles. The maximum atomic E-state index is 11.4. The number of fused-ring (bicyclic) bond motifs is 1. The molecule has 0 saturated heterocycles. The average Bonchev–Trinajstić information content (AvgIpc) is 2.44. The van der Waals surface area contributed by atoms with E-state index in [4.69, 9.17) is 5.73 Å². The fraction of sp³-hybridized carbons (Fsp3) is 0.267. The SMILES string of the molecule is CC(C)(CNc1c(C#N)cnc2ccccc12)C(N)=O. The van der Waals surface area contributed by atoms with Crippen molar-refractivity contribution in [3.63, 3.8) is 0 Å². The third-order valence-electron chi connectivity index (χ3n) is 3.27. The average molecular weight is 268 g/mol. The molecule has 2 rings (SSSR count). The van der Waals surface area contributed by atoms with Crippen LogP contribution in [0.5, 0.6) is 0 Å². The molecule has 0 saturated carbocycles. The summed E-state index contributed by atoms with van der Waals surface area (Å²) in [6, 6.07) is 9.65. The van der Waals surface area contributed by atoms with Crippen molar-refractivity contribution in [2.45, 2.75) is 13.8 Å². The van der Waals surface area contributed by atoms with E-state index in [9.17, 15) is 10.1 Å². The molecular formula is C15H16N4O. The maximum absolute atomic E-state index is 11.4. The molecule has 1 amide bonds. The Hall–Kier alpha value is -2.61. The number of carbonyl (C=O) groups is 1. The lowest BCUT2D eigenvalue weighted by atomic mass is 9.92. The third kappa shape index (κ3) is 2.54. The van der Waals surface area contributed by atoms with E-state index >= 15 is 0 Å². The lowest BCUT2D eigenvalue weighted by molar-refractivity contribution is -0.125. The molecule has 0 aliphatic carbocycles. The molecule has 0 bridgehead atoms. The van der Waals surface area contributed by atoms with E-state index in [0.717, 1.165) is 10.9 Å². The molecule has 5 nitrogen and oxygen atoms in total. The van der Waals surface area contributed by atoms with Gasteiger partial charge in [-0.1, -0.05) is 18.2 Å². The smallest absolute Gasteiger partial charge is 0.224 e. The van der Waals surface area contributed by atoms with Gasteiger partial charge in [0.2, 0.25) is 5.91 Å². The molecule has 0 atom stereocenters. The minimum Gasteiger partial charge on any atom is -0.382 e. The standard InChI is InChI=1S/C15H16N4O/c1-15(2,14(17)20)9-19-13-10(7-16)8-18-12-6-4-3-5-11(12)13/h3-6,8H,9H2,1-2H3,(H2,17,20)(H,18,19). The molecule has 0 spiro atoms. The van der Waals surface area contributed by atoms with Gasteiger partial charge in [-0.15, -0.1) is 0 Å². The highest BCUT2D eigenvalue weighted by Gasteiger charge is 2.25. The maximum Gasteiger partial charge on any atom is 0.224 e. The lowest BCUT2D eigenvalue weighted by Gasteiger charge is -2.22. The molecular weight excluding hydrogens is 252 g/mol. The van der Waals surface area contributed by atoms with E-state index in [1.165, 1.54) is 6.20 Å². The van der Waals surface area contributed by atoms with Gasteiger partial charge in [-0.2, -0.15) is 5.26 Å². The largest absolute Gasteiger partial charge is 0.382 e. The van der Waals surface area contributed by atoms with Crippen molar-refractivity contribution in [2.24, 2.45) is 11.1 Å². The van der Waals surface area contributed by atoms with Crippen LogP contribution >= 0.6 is 0 Å². The van der Waals surface area contributed by atoms with Crippen LogP contribution in [-0.4, -0.2) is 17.4 Å². The number of nitrogens with one attached hydrogen (secondary N) is 1. The summed E-state index contributed by atoms with van der Waals surface area (Å²) < 4.78 is 0. The Kier molecular flexibility index (Phi) is 3.57. The predicted octanol–water partition coefficient (Wildman–Crippen LogP) is 2.03. The summed E-state index contributed by atoms with van der Waals surface area (Å²) in [5, 5.41) is 13.2. The summed E-state index contributed by atoms with van der Waals surface area (Å²) >= 11 is 0. The van der Waals surface area contributed by atoms with Gasteiger partial charge in [-0.25, -0.2) is 0 Å². The molecule has 0 unspecified atom stereocenters. The molecule has 2 aromatic rings. The van der Waals surface area contributed by atoms with Gasteiger partial charge in [0.25, 0.3) is 0 Å². The van der Waals surface area contributed by atoms with Gasteiger partial charge in [0.15, 0.2) is 0 Å². The number of para-hydroxylation sites is 1. The summed E-state index contributed by atoms with van der Waals surface area (Å²) in [5.41, 5.74) is 6.60. The fourth-order valence-electron chi connectivity index (χ4n) is 1.81. The number of anilines is 1. The van der Waals surface area contributed by atoms with Crippen LogP contribution in [0.3, 0.4) is 0 Å². The summed E-state index contributed by atoms with van der Waals surface area (Å²) in [4.78, 5) is 15.6. The normalized spacial score (nSPS) is 11.1. The van der Waals surface area contributed by atoms with Crippen LogP contribution in [-0.2, 0) is 4.79 Å². The molecule has 0 aliphatic heterocycles. The molecule has 5 heteroatoms. The van der Waals surface area contributed by atoms with E-state index in [2.05, 4.69) is 16.4 Å². The van der Waals surface area contributed by atoms with Crippen LogP contribution in [0.15, 0.2) is 30.5 Å². The van der Waals surface area contributed by atoms with E-state index in [1.807, 2.05) is 24.3 Å². The van der Waals surface area contributed by atoms with E-state index in [0.29, 0.717) is 17.8 Å². The van der Waals surface area contributed by atoms with Crippen molar-refractivity contribution < 1.29 is 4.79 Å². The molecule has 20 heavy (non-hydrogen) atoms. The topological polar surface area (TPSA) is 91.8 Å². The minimum absolute atomic E-state index is 0.352. The van der Waals surface area contributed by atoms with Crippen molar-refractivity contribution in [3.8, 4) is 6.07 Å². The van der Waals surface area contributed by atoms with E-state index < -0.39 is 5.41 Å². The zero-order chi connectivity index (χ0) is 14.8. The molecule has 0 radical (unpaired) electrons. The quantitative estimate of drug-likeness (QED) is 0.887. The molecule has 0 aliphatic rings. The number of hydrogen-bond acceptors (Lipinski definition) is 4. The van der Waals surface area contributed by atoms with Gasteiger partial charge in [0.05, 0.1) is 22.2 Å². The number of benzene rings is 1. The van der Waals surface area contributed by atoms with Crippen LogP contribution in [0.1, 0.15) is 19.4 Å². The Balaban J connectivity index is 2.43. The van der Waals surface area contributed by atoms with E-state index in [-0.39, 0.29) is 5.91 Å². The zero-order valence-electron chi connectivity index (χ0n) is 11.5.